The topological polar surface area (TPSA) is 109 Å². The quantitative estimate of drug-likeness (QED) is 0.389. The molecular weight excluding hydrogens is 454 g/mol. The summed E-state index contributed by atoms with van der Waals surface area (Å²) in [5.41, 5.74) is 1.43. The molecule has 2 aromatic carbocycles. The molecule has 9 heteroatoms. The first-order valence-corrected chi connectivity index (χ1v) is 11.9. The van der Waals surface area contributed by atoms with E-state index in [0.717, 1.165) is 5.39 Å². The Kier molecular flexibility index (Phi) is 6.58. The van der Waals surface area contributed by atoms with Crippen LogP contribution in [-0.4, -0.2) is 35.6 Å². The number of aromatic nitrogens is 2. The molecule has 8 nitrogen and oxygen atoms in total. The largest absolute Gasteiger partial charge is 0.497 e. The van der Waals surface area contributed by atoms with Gasteiger partial charge in [-0.05, 0) is 54.3 Å². The van der Waals surface area contributed by atoms with Gasteiger partial charge in [-0.2, -0.15) is 4.31 Å². The van der Waals surface area contributed by atoms with Crippen LogP contribution in [0.1, 0.15) is 28.4 Å². The highest BCUT2D eigenvalue weighted by molar-refractivity contribution is 7.89. The van der Waals surface area contributed by atoms with E-state index in [-0.39, 0.29) is 29.3 Å². The summed E-state index contributed by atoms with van der Waals surface area (Å²) in [5.74, 6) is 0.360. The molecular formula is C25H23N3O5S. The van der Waals surface area contributed by atoms with Crippen molar-refractivity contribution < 1.29 is 17.9 Å². The Morgan fingerprint density at radius 2 is 1.88 bits per heavy atom. The summed E-state index contributed by atoms with van der Waals surface area (Å²) in [7, 11) is -2.52. The minimum atomic E-state index is -4.05. The number of benzene rings is 2. The van der Waals surface area contributed by atoms with Gasteiger partial charge in [-0.25, -0.2) is 8.42 Å². The van der Waals surface area contributed by atoms with E-state index in [9.17, 15) is 18.0 Å². The summed E-state index contributed by atoms with van der Waals surface area (Å²) in [6.07, 6.45) is 3.17. The number of pyridine rings is 2. The molecule has 0 fully saturated rings. The molecule has 0 aliphatic carbocycles. The average molecular weight is 478 g/mol. The van der Waals surface area contributed by atoms with E-state index in [0.29, 0.717) is 22.4 Å². The predicted octanol–water partition coefficient (Wildman–Crippen LogP) is 3.53. The van der Waals surface area contributed by atoms with Gasteiger partial charge in [-0.1, -0.05) is 18.2 Å². The lowest BCUT2D eigenvalue weighted by atomic mass is 10.1. The van der Waals surface area contributed by atoms with Gasteiger partial charge in [0.25, 0.3) is 5.56 Å². The fourth-order valence-electron chi connectivity index (χ4n) is 3.61. The first-order chi connectivity index (χ1) is 16.3. The summed E-state index contributed by atoms with van der Waals surface area (Å²) in [4.78, 5) is 31.5. The van der Waals surface area contributed by atoms with Crippen LogP contribution in [-0.2, 0) is 23.1 Å². The molecule has 0 bridgehead atoms. The van der Waals surface area contributed by atoms with Crippen molar-refractivity contribution in [2.45, 2.75) is 24.9 Å². The molecule has 0 amide bonds. The molecule has 4 rings (SSSR count). The Labute approximate surface area is 196 Å². The van der Waals surface area contributed by atoms with Crippen molar-refractivity contribution in [2.75, 3.05) is 7.11 Å². The van der Waals surface area contributed by atoms with Gasteiger partial charge in [0.15, 0.2) is 5.78 Å². The number of carbonyl (C=O) groups is 1. The Balaban J connectivity index is 1.78. The van der Waals surface area contributed by atoms with Crippen molar-refractivity contribution in [1.82, 2.24) is 14.3 Å². The molecule has 0 radical (unpaired) electrons. The Bertz CT molecular complexity index is 1510. The molecule has 4 aromatic rings. The monoisotopic (exact) mass is 477 g/mol. The number of H-pyrrole nitrogens is 1. The second-order valence-electron chi connectivity index (χ2n) is 7.80. The lowest BCUT2D eigenvalue weighted by molar-refractivity contribution is 0.101. The Morgan fingerprint density at radius 1 is 1.06 bits per heavy atom. The van der Waals surface area contributed by atoms with Gasteiger partial charge in [0.1, 0.15) is 5.75 Å². The normalized spacial score (nSPS) is 11.6. The summed E-state index contributed by atoms with van der Waals surface area (Å²) in [5, 5.41) is 0.743. The van der Waals surface area contributed by atoms with Crippen LogP contribution in [0, 0.1) is 0 Å². The highest BCUT2D eigenvalue weighted by Gasteiger charge is 2.27. The number of ether oxygens (including phenoxy) is 1. The molecule has 0 spiro atoms. The molecule has 0 saturated carbocycles. The SMILES string of the molecule is COc1ccc2cc(CN(Cc3cccnc3)S(=O)(=O)c3cccc(C(C)=O)c3)c(=O)[nH]c2c1. The van der Waals surface area contributed by atoms with E-state index in [1.165, 1.54) is 36.5 Å². The second kappa shape index (κ2) is 9.58. The van der Waals surface area contributed by atoms with E-state index < -0.39 is 15.6 Å². The van der Waals surface area contributed by atoms with Gasteiger partial charge >= 0.3 is 0 Å². The van der Waals surface area contributed by atoms with Crippen LogP contribution in [0.5, 0.6) is 5.75 Å². The molecule has 1 N–H and O–H groups in total. The van der Waals surface area contributed by atoms with Crippen molar-refractivity contribution >= 4 is 26.7 Å². The van der Waals surface area contributed by atoms with Crippen molar-refractivity contribution in [1.29, 1.82) is 0 Å². The summed E-state index contributed by atoms with van der Waals surface area (Å²) in [6.45, 7) is 1.21. The minimum Gasteiger partial charge on any atom is -0.497 e. The van der Waals surface area contributed by atoms with Crippen LogP contribution in [0.3, 0.4) is 0 Å². The van der Waals surface area contributed by atoms with Gasteiger partial charge in [0.05, 0.1) is 17.5 Å². The van der Waals surface area contributed by atoms with Crippen LogP contribution in [0.4, 0.5) is 0 Å². The first kappa shape index (κ1) is 23.3. The lowest BCUT2D eigenvalue weighted by Crippen LogP contribution is -2.32. The average Bonchev–Trinajstić information content (AvgIpc) is 2.84. The number of sulfonamides is 1. The predicted molar refractivity (Wildman–Crippen MR) is 128 cm³/mol. The molecule has 2 aromatic heterocycles. The maximum atomic E-state index is 13.6. The highest BCUT2D eigenvalue weighted by atomic mass is 32.2. The number of aromatic amines is 1. The minimum absolute atomic E-state index is 0.000558. The molecule has 2 heterocycles. The van der Waals surface area contributed by atoms with Gasteiger partial charge in [-0.3, -0.25) is 14.6 Å². The number of nitrogens with one attached hydrogen (secondary N) is 1. The number of Topliss-reactive ketones (excluding diaryl/α,β-unsaturated/α-hetero) is 1. The summed E-state index contributed by atoms with van der Waals surface area (Å²) in [6, 6.07) is 16.3. The van der Waals surface area contributed by atoms with E-state index in [4.69, 9.17) is 4.74 Å². The van der Waals surface area contributed by atoms with Crippen LogP contribution in [0.25, 0.3) is 10.9 Å². The number of fused-ring (bicyclic) bond motifs is 1. The maximum Gasteiger partial charge on any atom is 0.252 e. The molecule has 0 aliphatic rings. The zero-order valence-electron chi connectivity index (χ0n) is 18.7. The van der Waals surface area contributed by atoms with Crippen LogP contribution in [0.2, 0.25) is 0 Å². The van der Waals surface area contributed by atoms with E-state index in [2.05, 4.69) is 9.97 Å². The Hall–Kier alpha value is -3.82. The van der Waals surface area contributed by atoms with Gasteiger partial charge in [0, 0.05) is 42.7 Å². The van der Waals surface area contributed by atoms with Gasteiger partial charge in [-0.15, -0.1) is 0 Å². The standard InChI is InChI=1S/C25H23N3O5S/c1-17(29)19-6-3-7-23(12-19)34(31,32)28(15-18-5-4-10-26-14-18)16-21-11-20-8-9-22(33-2)13-24(20)27-25(21)30/h3-14H,15-16H2,1-2H3,(H,27,30). The molecule has 174 valence electrons. The van der Waals surface area contributed by atoms with Gasteiger partial charge in [0.2, 0.25) is 10.0 Å². The fraction of sp³-hybridized carbons (Fsp3) is 0.160. The third-order valence-electron chi connectivity index (χ3n) is 5.44. The third-order valence-corrected chi connectivity index (χ3v) is 7.22. The van der Waals surface area contributed by atoms with Gasteiger partial charge < -0.3 is 9.72 Å². The summed E-state index contributed by atoms with van der Waals surface area (Å²) < 4.78 is 33.7. The fourth-order valence-corrected chi connectivity index (χ4v) is 5.06. The molecule has 34 heavy (non-hydrogen) atoms. The Morgan fingerprint density at radius 3 is 2.59 bits per heavy atom. The van der Waals surface area contributed by atoms with Crippen molar-refractivity contribution in [3.63, 3.8) is 0 Å². The first-order valence-electron chi connectivity index (χ1n) is 10.5. The maximum absolute atomic E-state index is 13.6. The molecule has 0 atom stereocenters. The lowest BCUT2D eigenvalue weighted by Gasteiger charge is -2.22. The van der Waals surface area contributed by atoms with Crippen LogP contribution < -0.4 is 10.3 Å². The molecule has 0 saturated heterocycles. The van der Waals surface area contributed by atoms with Crippen molar-refractivity contribution in [3.8, 4) is 5.75 Å². The number of methoxy groups -OCH3 is 1. The highest BCUT2D eigenvalue weighted by Crippen LogP contribution is 2.23. The number of hydrogen-bond donors (Lipinski definition) is 1. The number of nitrogens with zero attached hydrogens (tertiary/aromatic N) is 2. The zero-order valence-corrected chi connectivity index (χ0v) is 19.5. The molecule has 0 unspecified atom stereocenters. The third kappa shape index (κ3) is 4.90. The van der Waals surface area contributed by atoms with E-state index in [1.807, 2.05) is 0 Å². The molecule has 0 aliphatic heterocycles. The van der Waals surface area contributed by atoms with Crippen molar-refractivity contribution in [2.24, 2.45) is 0 Å². The number of rotatable bonds is 8. The smallest absolute Gasteiger partial charge is 0.252 e. The number of carbonyl (C=O) groups excluding carboxylic acids is 1. The number of ketones is 1. The van der Waals surface area contributed by atoms with Crippen LogP contribution >= 0.6 is 0 Å². The zero-order chi connectivity index (χ0) is 24.3. The summed E-state index contributed by atoms with van der Waals surface area (Å²) >= 11 is 0. The van der Waals surface area contributed by atoms with E-state index in [1.54, 1.807) is 54.9 Å². The van der Waals surface area contributed by atoms with E-state index >= 15 is 0 Å². The van der Waals surface area contributed by atoms with Crippen molar-refractivity contribution in [3.05, 3.63) is 100 Å². The second-order valence-corrected chi connectivity index (χ2v) is 9.73. The number of hydrogen-bond acceptors (Lipinski definition) is 6. The van der Waals surface area contributed by atoms with Crippen LogP contribution in [0.15, 0.2) is 82.7 Å².